The highest BCUT2D eigenvalue weighted by atomic mass is 16.5. The first-order chi connectivity index (χ1) is 13.6. The van der Waals surface area contributed by atoms with Gasteiger partial charge in [-0.05, 0) is 77.6 Å². The fourth-order valence-electron chi connectivity index (χ4n) is 4.97. The van der Waals surface area contributed by atoms with Gasteiger partial charge in [-0.25, -0.2) is 0 Å². The standard InChI is InChI=1S/C26H26O2/c1-3-26(4-2)16-24(27)23-14-18(11-12-25(23)28-26)20-13-19-10-9-17-7-5-6-8-21(17)22(19)15-20/h5-8,11-14H,3-4,9-10,15-16H2,1-2H3. The Labute approximate surface area is 166 Å². The molecule has 0 atom stereocenters. The lowest BCUT2D eigenvalue weighted by atomic mass is 9.84. The molecule has 0 N–H and O–H groups in total. The van der Waals surface area contributed by atoms with Crippen LogP contribution in [0, 0.1) is 0 Å². The fourth-order valence-corrected chi connectivity index (χ4v) is 4.97. The van der Waals surface area contributed by atoms with Crippen LogP contribution in [0.5, 0.6) is 5.75 Å². The van der Waals surface area contributed by atoms with E-state index in [1.54, 1.807) is 0 Å². The topological polar surface area (TPSA) is 26.3 Å². The minimum atomic E-state index is -0.331. The first-order valence-electron chi connectivity index (χ1n) is 10.5. The highest BCUT2D eigenvalue weighted by Gasteiger charge is 2.38. The molecule has 2 heteroatoms. The molecular weight excluding hydrogens is 344 g/mol. The summed E-state index contributed by atoms with van der Waals surface area (Å²) in [5.41, 5.74) is 8.69. The molecule has 142 valence electrons. The maximum Gasteiger partial charge on any atom is 0.170 e. The third-order valence-electron chi connectivity index (χ3n) is 6.86. The van der Waals surface area contributed by atoms with Crippen molar-refractivity contribution in [2.75, 3.05) is 0 Å². The van der Waals surface area contributed by atoms with Gasteiger partial charge in [-0.15, -0.1) is 0 Å². The highest BCUT2D eigenvalue weighted by Crippen LogP contribution is 2.45. The lowest BCUT2D eigenvalue weighted by molar-refractivity contribution is 0.0350. The molecule has 1 heterocycles. The Kier molecular flexibility index (Phi) is 4.04. The maximum absolute atomic E-state index is 12.9. The molecule has 3 aliphatic rings. The van der Waals surface area contributed by atoms with Crippen molar-refractivity contribution in [1.29, 1.82) is 0 Å². The number of ketones is 1. The number of carbonyl (C=O) groups is 1. The van der Waals surface area contributed by atoms with E-state index in [9.17, 15) is 4.79 Å². The minimum Gasteiger partial charge on any atom is -0.486 e. The van der Waals surface area contributed by atoms with E-state index in [1.807, 2.05) is 6.07 Å². The van der Waals surface area contributed by atoms with Crippen molar-refractivity contribution in [3.63, 3.8) is 0 Å². The summed E-state index contributed by atoms with van der Waals surface area (Å²) in [6, 6.07) is 15.0. The summed E-state index contributed by atoms with van der Waals surface area (Å²) in [6.07, 6.45) is 7.73. The zero-order chi connectivity index (χ0) is 19.3. The van der Waals surface area contributed by atoms with Crippen molar-refractivity contribution in [3.05, 3.63) is 76.4 Å². The molecule has 1 aliphatic heterocycles. The lowest BCUT2D eigenvalue weighted by Gasteiger charge is -2.36. The van der Waals surface area contributed by atoms with Crippen LogP contribution in [0.15, 0.2) is 54.1 Å². The second kappa shape index (κ2) is 6.48. The van der Waals surface area contributed by atoms with Crippen molar-refractivity contribution < 1.29 is 9.53 Å². The van der Waals surface area contributed by atoms with E-state index in [-0.39, 0.29) is 11.4 Å². The second-order valence-corrected chi connectivity index (χ2v) is 8.31. The number of ether oxygens (including phenoxy) is 1. The molecule has 0 unspecified atom stereocenters. The summed E-state index contributed by atoms with van der Waals surface area (Å²) in [4.78, 5) is 12.9. The molecule has 2 nitrogen and oxygen atoms in total. The van der Waals surface area contributed by atoms with E-state index in [4.69, 9.17) is 4.74 Å². The average molecular weight is 370 g/mol. The van der Waals surface area contributed by atoms with E-state index < -0.39 is 0 Å². The number of benzene rings is 2. The van der Waals surface area contributed by atoms with E-state index in [1.165, 1.54) is 27.8 Å². The molecule has 2 aromatic rings. The number of hydrogen-bond donors (Lipinski definition) is 0. The van der Waals surface area contributed by atoms with E-state index in [0.29, 0.717) is 6.42 Å². The van der Waals surface area contributed by atoms with Crippen LogP contribution >= 0.6 is 0 Å². The van der Waals surface area contributed by atoms with Crippen LogP contribution in [0.3, 0.4) is 0 Å². The van der Waals surface area contributed by atoms with Gasteiger partial charge in [-0.2, -0.15) is 0 Å². The Bertz CT molecular complexity index is 1030. The summed E-state index contributed by atoms with van der Waals surface area (Å²) in [5, 5.41) is 0. The van der Waals surface area contributed by atoms with Crippen LogP contribution in [0.4, 0.5) is 0 Å². The largest absolute Gasteiger partial charge is 0.486 e. The van der Waals surface area contributed by atoms with Crippen LogP contribution < -0.4 is 4.74 Å². The SMILES string of the molecule is CCC1(CC)CC(=O)c2cc(C3=CC4=C(C3)c3ccccc3CC4)ccc2O1. The van der Waals surface area contributed by atoms with Gasteiger partial charge in [0.2, 0.25) is 0 Å². The number of allylic oxidation sites excluding steroid dienone is 4. The first-order valence-corrected chi connectivity index (χ1v) is 10.5. The van der Waals surface area contributed by atoms with Gasteiger partial charge < -0.3 is 4.74 Å². The molecule has 0 fully saturated rings. The molecule has 5 rings (SSSR count). The first kappa shape index (κ1) is 17.5. The summed E-state index contributed by atoms with van der Waals surface area (Å²) < 4.78 is 6.30. The molecule has 0 aromatic heterocycles. The van der Waals surface area contributed by atoms with Gasteiger partial charge in [-0.3, -0.25) is 4.79 Å². The van der Waals surface area contributed by atoms with Gasteiger partial charge in [0.05, 0.1) is 12.0 Å². The number of rotatable bonds is 3. The van der Waals surface area contributed by atoms with Gasteiger partial charge in [0, 0.05) is 0 Å². The van der Waals surface area contributed by atoms with E-state index in [2.05, 4.69) is 56.3 Å². The Balaban J connectivity index is 1.46. The number of fused-ring (bicyclic) bond motifs is 3. The van der Waals surface area contributed by atoms with Crippen LogP contribution in [0.25, 0.3) is 11.1 Å². The summed E-state index contributed by atoms with van der Waals surface area (Å²) in [7, 11) is 0. The predicted molar refractivity (Wildman–Crippen MR) is 114 cm³/mol. The van der Waals surface area contributed by atoms with Crippen molar-refractivity contribution in [3.8, 4) is 5.75 Å². The number of carbonyl (C=O) groups excluding carboxylic acids is 1. The van der Waals surface area contributed by atoms with Crippen molar-refractivity contribution >= 4 is 16.9 Å². The third-order valence-corrected chi connectivity index (χ3v) is 6.86. The van der Waals surface area contributed by atoms with Crippen LogP contribution in [-0.2, 0) is 6.42 Å². The minimum absolute atomic E-state index is 0.216. The Morgan fingerprint density at radius 2 is 1.82 bits per heavy atom. The summed E-state index contributed by atoms with van der Waals surface area (Å²) in [6.45, 7) is 4.21. The Hall–Kier alpha value is -2.61. The van der Waals surface area contributed by atoms with Gasteiger partial charge in [0.25, 0.3) is 0 Å². The van der Waals surface area contributed by atoms with Crippen LogP contribution in [0.1, 0.15) is 73.0 Å². The number of aryl methyl sites for hydroxylation is 1. The van der Waals surface area contributed by atoms with Crippen LogP contribution in [0.2, 0.25) is 0 Å². The summed E-state index contributed by atoms with van der Waals surface area (Å²) in [5.74, 6) is 0.971. The highest BCUT2D eigenvalue weighted by molar-refractivity contribution is 6.02. The monoisotopic (exact) mass is 370 g/mol. The van der Waals surface area contributed by atoms with E-state index >= 15 is 0 Å². The quantitative estimate of drug-likeness (QED) is 0.625. The maximum atomic E-state index is 12.9. The number of Topliss-reactive ketones (excluding diaryl/α,β-unsaturated/α-hetero) is 1. The fraction of sp³-hybridized carbons (Fsp3) is 0.346. The molecule has 2 aliphatic carbocycles. The Morgan fingerprint density at radius 3 is 2.64 bits per heavy atom. The number of hydrogen-bond acceptors (Lipinski definition) is 2. The second-order valence-electron chi connectivity index (χ2n) is 8.31. The van der Waals surface area contributed by atoms with E-state index in [0.717, 1.165) is 49.0 Å². The van der Waals surface area contributed by atoms with Gasteiger partial charge >= 0.3 is 0 Å². The molecule has 0 bridgehead atoms. The molecule has 28 heavy (non-hydrogen) atoms. The van der Waals surface area contributed by atoms with Crippen molar-refractivity contribution in [1.82, 2.24) is 0 Å². The van der Waals surface area contributed by atoms with Gasteiger partial charge in [0.15, 0.2) is 5.78 Å². The molecule has 0 saturated heterocycles. The zero-order valence-electron chi connectivity index (χ0n) is 16.7. The normalized spacial score (nSPS) is 19.5. The van der Waals surface area contributed by atoms with Crippen molar-refractivity contribution in [2.24, 2.45) is 0 Å². The van der Waals surface area contributed by atoms with Crippen molar-refractivity contribution in [2.45, 2.75) is 58.0 Å². The molecular formula is C26H26O2. The molecule has 0 radical (unpaired) electrons. The summed E-state index contributed by atoms with van der Waals surface area (Å²) >= 11 is 0. The van der Waals surface area contributed by atoms with Crippen LogP contribution in [-0.4, -0.2) is 11.4 Å². The molecule has 0 spiro atoms. The molecule has 0 amide bonds. The average Bonchev–Trinajstić information content (AvgIpc) is 3.18. The van der Waals surface area contributed by atoms with Gasteiger partial charge in [0.1, 0.15) is 11.4 Å². The molecule has 2 aromatic carbocycles. The van der Waals surface area contributed by atoms with Gasteiger partial charge in [-0.1, -0.05) is 50.3 Å². The smallest absolute Gasteiger partial charge is 0.170 e. The Morgan fingerprint density at radius 1 is 1.00 bits per heavy atom. The zero-order valence-corrected chi connectivity index (χ0v) is 16.7. The molecule has 0 saturated carbocycles. The predicted octanol–water partition coefficient (Wildman–Crippen LogP) is 6.40. The lowest BCUT2D eigenvalue weighted by Crippen LogP contribution is -2.40. The third kappa shape index (κ3) is 2.66.